The molecule has 1 aliphatic heterocycles. The molecule has 0 unspecified atom stereocenters. The van der Waals surface area contributed by atoms with Crippen molar-refractivity contribution in [2.45, 2.75) is 25.8 Å². The summed E-state index contributed by atoms with van der Waals surface area (Å²) in [5.41, 5.74) is 2.04. The van der Waals surface area contributed by atoms with Crippen molar-refractivity contribution in [3.8, 4) is 0 Å². The fraction of sp³-hybridized carbons (Fsp3) is 0.375. The molecule has 1 atom stereocenters. The summed E-state index contributed by atoms with van der Waals surface area (Å²) < 4.78 is 13.2. The third-order valence-electron chi connectivity index (χ3n) is 3.75. The lowest BCUT2D eigenvalue weighted by Gasteiger charge is -2.15. The lowest BCUT2D eigenvalue weighted by atomic mass is 10.1. The van der Waals surface area contributed by atoms with Crippen molar-refractivity contribution in [3.05, 3.63) is 59.4 Å². The van der Waals surface area contributed by atoms with Gasteiger partial charge in [0, 0.05) is 30.9 Å². The molecule has 0 saturated carbocycles. The van der Waals surface area contributed by atoms with Gasteiger partial charge in [-0.05, 0) is 43.7 Å². The van der Waals surface area contributed by atoms with E-state index in [2.05, 4.69) is 14.9 Å². The SMILES string of the molecule is Cc1ccnc([C@@H]2CCN(Cc3cccc(F)c3)C2)n1. The molecule has 104 valence electrons. The van der Waals surface area contributed by atoms with Crippen LogP contribution in [0.4, 0.5) is 4.39 Å². The monoisotopic (exact) mass is 271 g/mol. The van der Waals surface area contributed by atoms with Gasteiger partial charge in [0.25, 0.3) is 0 Å². The molecule has 3 nitrogen and oxygen atoms in total. The predicted octanol–water partition coefficient (Wildman–Crippen LogP) is 2.91. The first-order chi connectivity index (χ1) is 9.70. The molecular weight excluding hydrogens is 253 g/mol. The number of rotatable bonds is 3. The summed E-state index contributed by atoms with van der Waals surface area (Å²) in [5.74, 6) is 1.16. The summed E-state index contributed by atoms with van der Waals surface area (Å²) in [6.07, 6.45) is 2.89. The average Bonchev–Trinajstić information content (AvgIpc) is 2.87. The number of hydrogen-bond acceptors (Lipinski definition) is 3. The molecule has 0 N–H and O–H groups in total. The summed E-state index contributed by atoms with van der Waals surface area (Å²) in [7, 11) is 0. The van der Waals surface area contributed by atoms with E-state index in [0.29, 0.717) is 5.92 Å². The Morgan fingerprint density at radius 3 is 3.05 bits per heavy atom. The molecule has 2 heterocycles. The third kappa shape index (κ3) is 3.02. The van der Waals surface area contributed by atoms with Crippen LogP contribution in [0.3, 0.4) is 0 Å². The topological polar surface area (TPSA) is 29.0 Å². The van der Waals surface area contributed by atoms with Crippen LogP contribution < -0.4 is 0 Å². The van der Waals surface area contributed by atoms with Crippen LogP contribution >= 0.6 is 0 Å². The zero-order valence-corrected chi connectivity index (χ0v) is 11.6. The van der Waals surface area contributed by atoms with Gasteiger partial charge in [-0.1, -0.05) is 12.1 Å². The van der Waals surface area contributed by atoms with Crippen LogP contribution in [0.1, 0.15) is 29.4 Å². The Balaban J connectivity index is 1.65. The molecule has 0 radical (unpaired) electrons. The molecule has 3 rings (SSSR count). The van der Waals surface area contributed by atoms with E-state index in [9.17, 15) is 4.39 Å². The summed E-state index contributed by atoms with van der Waals surface area (Å²) in [6.45, 7) is 4.74. The van der Waals surface area contributed by atoms with Crippen molar-refractivity contribution >= 4 is 0 Å². The van der Waals surface area contributed by atoms with Gasteiger partial charge in [-0.25, -0.2) is 14.4 Å². The van der Waals surface area contributed by atoms with Crippen LogP contribution in [-0.4, -0.2) is 28.0 Å². The largest absolute Gasteiger partial charge is 0.298 e. The number of benzene rings is 1. The Kier molecular flexibility index (Phi) is 3.74. The van der Waals surface area contributed by atoms with Gasteiger partial charge in [0.2, 0.25) is 0 Å². The fourth-order valence-corrected chi connectivity index (χ4v) is 2.75. The van der Waals surface area contributed by atoms with E-state index in [1.54, 1.807) is 12.1 Å². The number of aromatic nitrogens is 2. The maximum Gasteiger partial charge on any atom is 0.132 e. The Hall–Kier alpha value is -1.81. The Morgan fingerprint density at radius 1 is 1.35 bits per heavy atom. The lowest BCUT2D eigenvalue weighted by Crippen LogP contribution is -2.20. The number of hydrogen-bond donors (Lipinski definition) is 0. The van der Waals surface area contributed by atoms with Crippen molar-refractivity contribution in [2.75, 3.05) is 13.1 Å². The van der Waals surface area contributed by atoms with Crippen molar-refractivity contribution in [2.24, 2.45) is 0 Å². The van der Waals surface area contributed by atoms with Gasteiger partial charge in [-0.2, -0.15) is 0 Å². The zero-order chi connectivity index (χ0) is 13.9. The van der Waals surface area contributed by atoms with Gasteiger partial charge in [0.05, 0.1) is 0 Å². The molecule has 0 spiro atoms. The van der Waals surface area contributed by atoms with Crippen LogP contribution in [0.5, 0.6) is 0 Å². The van der Waals surface area contributed by atoms with Gasteiger partial charge in [-0.15, -0.1) is 0 Å². The highest BCUT2D eigenvalue weighted by atomic mass is 19.1. The maximum absolute atomic E-state index is 13.2. The molecule has 4 heteroatoms. The Labute approximate surface area is 118 Å². The van der Waals surface area contributed by atoms with Crippen LogP contribution in [0.2, 0.25) is 0 Å². The summed E-state index contributed by atoms with van der Waals surface area (Å²) in [5, 5.41) is 0. The second-order valence-electron chi connectivity index (χ2n) is 5.41. The molecule has 0 aliphatic carbocycles. The minimum atomic E-state index is -0.166. The van der Waals surface area contributed by atoms with E-state index in [1.165, 1.54) is 6.07 Å². The standard InChI is InChI=1S/C16H18FN3/c1-12-5-7-18-16(19-12)14-6-8-20(11-14)10-13-3-2-4-15(17)9-13/h2-5,7,9,14H,6,8,10-11H2,1H3/t14-/m1/s1. The van der Waals surface area contributed by atoms with Crippen LogP contribution in [-0.2, 0) is 6.54 Å². The Bertz CT molecular complexity index is 600. The fourth-order valence-electron chi connectivity index (χ4n) is 2.75. The minimum Gasteiger partial charge on any atom is -0.298 e. The number of halogens is 1. The first-order valence-electron chi connectivity index (χ1n) is 6.97. The maximum atomic E-state index is 13.2. The zero-order valence-electron chi connectivity index (χ0n) is 11.6. The van der Waals surface area contributed by atoms with Gasteiger partial charge < -0.3 is 0 Å². The van der Waals surface area contributed by atoms with Crippen molar-refractivity contribution < 1.29 is 4.39 Å². The minimum absolute atomic E-state index is 0.166. The molecule has 2 aromatic rings. The second kappa shape index (κ2) is 5.67. The van der Waals surface area contributed by atoms with E-state index in [0.717, 1.165) is 43.1 Å². The van der Waals surface area contributed by atoms with Crippen LogP contribution in [0.15, 0.2) is 36.5 Å². The third-order valence-corrected chi connectivity index (χ3v) is 3.75. The number of likely N-dealkylation sites (tertiary alicyclic amines) is 1. The summed E-state index contributed by atoms with van der Waals surface area (Å²) in [4.78, 5) is 11.2. The predicted molar refractivity (Wildman–Crippen MR) is 75.8 cm³/mol. The van der Waals surface area contributed by atoms with Crippen LogP contribution in [0.25, 0.3) is 0 Å². The van der Waals surface area contributed by atoms with Crippen molar-refractivity contribution in [1.82, 2.24) is 14.9 Å². The summed E-state index contributed by atoms with van der Waals surface area (Å²) in [6, 6.07) is 8.75. The summed E-state index contributed by atoms with van der Waals surface area (Å²) >= 11 is 0. The smallest absolute Gasteiger partial charge is 0.132 e. The van der Waals surface area contributed by atoms with E-state index in [1.807, 2.05) is 25.3 Å². The first-order valence-corrected chi connectivity index (χ1v) is 6.97. The average molecular weight is 271 g/mol. The Morgan fingerprint density at radius 2 is 2.25 bits per heavy atom. The lowest BCUT2D eigenvalue weighted by molar-refractivity contribution is 0.325. The molecule has 1 aromatic carbocycles. The molecule has 1 aliphatic rings. The van der Waals surface area contributed by atoms with Crippen molar-refractivity contribution in [3.63, 3.8) is 0 Å². The first kappa shape index (κ1) is 13.2. The molecule has 1 saturated heterocycles. The molecule has 20 heavy (non-hydrogen) atoms. The molecular formula is C16H18FN3. The van der Waals surface area contributed by atoms with E-state index >= 15 is 0 Å². The molecule has 1 fully saturated rings. The van der Waals surface area contributed by atoms with Gasteiger partial charge >= 0.3 is 0 Å². The highest BCUT2D eigenvalue weighted by Crippen LogP contribution is 2.25. The normalized spacial score (nSPS) is 19.4. The van der Waals surface area contributed by atoms with E-state index < -0.39 is 0 Å². The van der Waals surface area contributed by atoms with Crippen molar-refractivity contribution in [1.29, 1.82) is 0 Å². The highest BCUT2D eigenvalue weighted by molar-refractivity contribution is 5.16. The van der Waals surface area contributed by atoms with E-state index in [-0.39, 0.29) is 5.82 Å². The number of nitrogens with zero attached hydrogens (tertiary/aromatic N) is 3. The molecule has 1 aromatic heterocycles. The van der Waals surface area contributed by atoms with Crippen LogP contribution in [0, 0.1) is 12.7 Å². The van der Waals surface area contributed by atoms with Gasteiger partial charge in [0.1, 0.15) is 11.6 Å². The highest BCUT2D eigenvalue weighted by Gasteiger charge is 2.25. The second-order valence-corrected chi connectivity index (χ2v) is 5.41. The van der Waals surface area contributed by atoms with E-state index in [4.69, 9.17) is 0 Å². The quantitative estimate of drug-likeness (QED) is 0.859. The van der Waals surface area contributed by atoms with Gasteiger partial charge in [0.15, 0.2) is 0 Å². The molecule has 0 amide bonds. The van der Waals surface area contributed by atoms with Gasteiger partial charge in [-0.3, -0.25) is 4.90 Å². The number of aryl methyl sites for hydroxylation is 1. The molecule has 0 bridgehead atoms.